The zero-order chi connectivity index (χ0) is 11.5. The molecule has 0 aromatic heterocycles. The maximum atomic E-state index is 6.08. The van der Waals surface area contributed by atoms with Crippen LogP contribution in [0.5, 0.6) is 0 Å². The highest BCUT2D eigenvalue weighted by molar-refractivity contribution is 6.35. The molecule has 4 heteroatoms. The molecule has 0 bridgehead atoms. The summed E-state index contributed by atoms with van der Waals surface area (Å²) < 4.78 is 5.22. The minimum absolute atomic E-state index is 0.429. The van der Waals surface area contributed by atoms with Gasteiger partial charge in [-0.15, -0.1) is 0 Å². The van der Waals surface area contributed by atoms with Gasteiger partial charge in [0, 0.05) is 29.7 Å². The number of nitrogens with one attached hydrogen (secondary N) is 1. The molecule has 0 amide bonds. The standard InChI is InChI=1S/C12H15Cl2NO/c1-16-11-5-10(6-11)15-7-8-2-3-9(13)4-12(8)14/h2-4,10-11,15H,5-7H2,1H3. The normalized spacial score (nSPS) is 24.2. The Hall–Kier alpha value is -0.280. The minimum Gasteiger partial charge on any atom is -0.381 e. The van der Waals surface area contributed by atoms with E-state index in [-0.39, 0.29) is 0 Å². The zero-order valence-electron chi connectivity index (χ0n) is 9.17. The quantitative estimate of drug-likeness (QED) is 0.897. The maximum Gasteiger partial charge on any atom is 0.0601 e. The summed E-state index contributed by atoms with van der Waals surface area (Å²) in [6.07, 6.45) is 2.60. The van der Waals surface area contributed by atoms with E-state index in [1.54, 1.807) is 13.2 Å². The summed E-state index contributed by atoms with van der Waals surface area (Å²) in [5.41, 5.74) is 1.09. The molecule has 2 nitrogen and oxygen atoms in total. The fourth-order valence-corrected chi connectivity index (χ4v) is 2.32. The zero-order valence-corrected chi connectivity index (χ0v) is 10.7. The van der Waals surface area contributed by atoms with Gasteiger partial charge in [0.05, 0.1) is 6.10 Å². The second-order valence-electron chi connectivity index (χ2n) is 4.14. The van der Waals surface area contributed by atoms with E-state index in [1.165, 1.54) is 0 Å². The highest BCUT2D eigenvalue weighted by atomic mass is 35.5. The van der Waals surface area contributed by atoms with Gasteiger partial charge in [-0.2, -0.15) is 0 Å². The largest absolute Gasteiger partial charge is 0.381 e. The van der Waals surface area contributed by atoms with Crippen molar-refractivity contribution in [1.29, 1.82) is 0 Å². The third kappa shape index (κ3) is 2.89. The third-order valence-corrected chi connectivity index (χ3v) is 3.61. The fourth-order valence-electron chi connectivity index (χ4n) is 1.84. The maximum absolute atomic E-state index is 6.08. The molecular weight excluding hydrogens is 245 g/mol. The lowest BCUT2D eigenvalue weighted by molar-refractivity contribution is 0.0170. The monoisotopic (exact) mass is 259 g/mol. The second kappa shape index (κ2) is 5.37. The van der Waals surface area contributed by atoms with Gasteiger partial charge in [0.15, 0.2) is 0 Å². The summed E-state index contributed by atoms with van der Waals surface area (Å²) in [4.78, 5) is 0. The van der Waals surface area contributed by atoms with E-state index in [9.17, 15) is 0 Å². The number of hydrogen-bond donors (Lipinski definition) is 1. The van der Waals surface area contributed by atoms with Crippen molar-refractivity contribution in [3.05, 3.63) is 33.8 Å². The molecule has 1 aromatic carbocycles. The lowest BCUT2D eigenvalue weighted by atomic mass is 9.89. The summed E-state index contributed by atoms with van der Waals surface area (Å²) in [7, 11) is 1.76. The van der Waals surface area contributed by atoms with E-state index in [2.05, 4.69) is 5.32 Å². The number of methoxy groups -OCH3 is 1. The van der Waals surface area contributed by atoms with Crippen molar-refractivity contribution in [2.45, 2.75) is 31.5 Å². The van der Waals surface area contributed by atoms with Crippen molar-refractivity contribution in [3.63, 3.8) is 0 Å². The predicted molar refractivity (Wildman–Crippen MR) is 67.1 cm³/mol. The molecular formula is C12H15Cl2NO. The van der Waals surface area contributed by atoms with E-state index in [1.807, 2.05) is 12.1 Å². The fraction of sp³-hybridized carbons (Fsp3) is 0.500. The molecule has 0 radical (unpaired) electrons. The SMILES string of the molecule is COC1CC(NCc2ccc(Cl)cc2Cl)C1. The lowest BCUT2D eigenvalue weighted by Crippen LogP contribution is -2.44. The van der Waals surface area contributed by atoms with Gasteiger partial charge < -0.3 is 10.1 Å². The van der Waals surface area contributed by atoms with Crippen LogP contribution >= 0.6 is 23.2 Å². The Morgan fingerprint density at radius 3 is 2.75 bits per heavy atom. The second-order valence-corrected chi connectivity index (χ2v) is 4.99. The smallest absolute Gasteiger partial charge is 0.0601 e. The van der Waals surface area contributed by atoms with Crippen molar-refractivity contribution < 1.29 is 4.74 Å². The van der Waals surface area contributed by atoms with E-state index in [0.717, 1.165) is 30.0 Å². The molecule has 1 saturated carbocycles. The van der Waals surface area contributed by atoms with E-state index >= 15 is 0 Å². The van der Waals surface area contributed by atoms with Gasteiger partial charge >= 0.3 is 0 Å². The molecule has 0 spiro atoms. The highest BCUT2D eigenvalue weighted by Gasteiger charge is 2.28. The average molecular weight is 260 g/mol. The Bertz CT molecular complexity index is 364. The van der Waals surface area contributed by atoms with Gasteiger partial charge in [0.25, 0.3) is 0 Å². The van der Waals surface area contributed by atoms with Gasteiger partial charge in [-0.05, 0) is 30.5 Å². The Labute approximate surface area is 106 Å². The van der Waals surface area contributed by atoms with Gasteiger partial charge in [-0.25, -0.2) is 0 Å². The number of hydrogen-bond acceptors (Lipinski definition) is 2. The van der Waals surface area contributed by atoms with Gasteiger partial charge in [-0.3, -0.25) is 0 Å². The first-order valence-corrected chi connectivity index (χ1v) is 6.14. The van der Waals surface area contributed by atoms with Crippen LogP contribution in [-0.4, -0.2) is 19.3 Å². The Kier molecular flexibility index (Phi) is 4.09. The molecule has 0 heterocycles. The molecule has 1 aliphatic carbocycles. The van der Waals surface area contributed by atoms with Crippen LogP contribution in [0.4, 0.5) is 0 Å². The van der Waals surface area contributed by atoms with Crippen LogP contribution < -0.4 is 5.32 Å². The molecule has 1 fully saturated rings. The predicted octanol–water partition coefficient (Wildman–Crippen LogP) is 3.26. The van der Waals surface area contributed by atoms with Crippen LogP contribution in [0, 0.1) is 0 Å². The molecule has 88 valence electrons. The molecule has 1 aromatic rings. The number of rotatable bonds is 4. The molecule has 0 saturated heterocycles. The number of halogens is 2. The molecule has 2 rings (SSSR count). The van der Waals surface area contributed by atoms with Crippen molar-refractivity contribution in [3.8, 4) is 0 Å². The van der Waals surface area contributed by atoms with Crippen LogP contribution in [0.15, 0.2) is 18.2 Å². The van der Waals surface area contributed by atoms with Gasteiger partial charge in [-0.1, -0.05) is 29.3 Å². The first-order valence-electron chi connectivity index (χ1n) is 5.39. The summed E-state index contributed by atoms with van der Waals surface area (Å²) in [6, 6.07) is 6.16. The molecule has 0 unspecified atom stereocenters. The van der Waals surface area contributed by atoms with Crippen molar-refractivity contribution >= 4 is 23.2 Å². The van der Waals surface area contributed by atoms with Gasteiger partial charge in [0.1, 0.15) is 0 Å². The average Bonchev–Trinajstić information content (AvgIpc) is 2.18. The summed E-state index contributed by atoms with van der Waals surface area (Å²) in [5, 5.41) is 4.85. The van der Waals surface area contributed by atoms with E-state index < -0.39 is 0 Å². The Balaban J connectivity index is 1.82. The lowest BCUT2D eigenvalue weighted by Gasteiger charge is -2.34. The first-order chi connectivity index (χ1) is 7.69. The molecule has 0 aliphatic heterocycles. The molecule has 1 aliphatic rings. The van der Waals surface area contributed by atoms with Crippen LogP contribution in [0.25, 0.3) is 0 Å². The van der Waals surface area contributed by atoms with Crippen LogP contribution in [0.1, 0.15) is 18.4 Å². The van der Waals surface area contributed by atoms with Gasteiger partial charge in [0.2, 0.25) is 0 Å². The molecule has 16 heavy (non-hydrogen) atoms. The third-order valence-electron chi connectivity index (χ3n) is 3.02. The van der Waals surface area contributed by atoms with Crippen molar-refractivity contribution in [1.82, 2.24) is 5.32 Å². The molecule has 0 atom stereocenters. The summed E-state index contributed by atoms with van der Waals surface area (Å²) >= 11 is 11.9. The van der Waals surface area contributed by atoms with Crippen molar-refractivity contribution in [2.24, 2.45) is 0 Å². The topological polar surface area (TPSA) is 21.3 Å². The van der Waals surface area contributed by atoms with Crippen LogP contribution in [0.2, 0.25) is 10.0 Å². The number of benzene rings is 1. The Morgan fingerprint density at radius 1 is 1.38 bits per heavy atom. The van der Waals surface area contributed by atoms with E-state index in [0.29, 0.717) is 17.2 Å². The minimum atomic E-state index is 0.429. The Morgan fingerprint density at radius 2 is 2.12 bits per heavy atom. The van der Waals surface area contributed by atoms with E-state index in [4.69, 9.17) is 27.9 Å². The summed E-state index contributed by atoms with van der Waals surface area (Å²) in [6.45, 7) is 0.789. The molecule has 1 N–H and O–H groups in total. The summed E-state index contributed by atoms with van der Waals surface area (Å²) in [5.74, 6) is 0. The van der Waals surface area contributed by atoms with Crippen LogP contribution in [-0.2, 0) is 11.3 Å². The van der Waals surface area contributed by atoms with Crippen LogP contribution in [0.3, 0.4) is 0 Å². The van der Waals surface area contributed by atoms with Crippen molar-refractivity contribution in [2.75, 3.05) is 7.11 Å². The highest BCUT2D eigenvalue weighted by Crippen LogP contribution is 2.24. The first kappa shape index (κ1) is 12.2. The number of ether oxygens (including phenoxy) is 1.